The number of ether oxygens (including phenoxy) is 2. The van der Waals surface area contributed by atoms with E-state index in [4.69, 9.17) is 14.5 Å². The number of hydrogen-bond acceptors (Lipinski definition) is 4. The van der Waals surface area contributed by atoms with Gasteiger partial charge in [-0.2, -0.15) is 0 Å². The summed E-state index contributed by atoms with van der Waals surface area (Å²) in [5, 5.41) is 0. The highest BCUT2D eigenvalue weighted by molar-refractivity contribution is 5.83. The molecule has 166 valence electrons. The molecule has 0 aliphatic carbocycles. The third kappa shape index (κ3) is 4.19. The standard InChI is InChI=1S/C25H33N3O3/c1-6-30-16-25(3,4)28-22-14-19(20-13-17(2)24(29)27(5)15-20)7-8-21(22)26-23(28)18-9-11-31-12-10-18/h7-8,13-15,18H,6,9-12,16H2,1-5H3. The Labute approximate surface area is 183 Å². The second-order valence-electron chi connectivity index (χ2n) is 9.17. The molecule has 0 N–H and O–H groups in total. The molecule has 31 heavy (non-hydrogen) atoms. The largest absolute Gasteiger partial charge is 0.381 e. The van der Waals surface area contributed by atoms with Crippen molar-refractivity contribution in [2.24, 2.45) is 7.05 Å². The number of hydrogen-bond donors (Lipinski definition) is 0. The lowest BCUT2D eigenvalue weighted by Gasteiger charge is -2.32. The summed E-state index contributed by atoms with van der Waals surface area (Å²) in [6.45, 7) is 11.2. The summed E-state index contributed by atoms with van der Waals surface area (Å²) in [5.74, 6) is 1.50. The van der Waals surface area contributed by atoms with E-state index in [1.165, 1.54) is 0 Å². The van der Waals surface area contributed by atoms with Crippen LogP contribution < -0.4 is 5.56 Å². The zero-order valence-electron chi connectivity index (χ0n) is 19.3. The molecule has 1 aliphatic rings. The van der Waals surface area contributed by atoms with Crippen molar-refractivity contribution in [1.29, 1.82) is 0 Å². The first-order valence-electron chi connectivity index (χ1n) is 11.2. The van der Waals surface area contributed by atoms with Crippen molar-refractivity contribution in [3.8, 4) is 11.1 Å². The number of fused-ring (bicyclic) bond motifs is 1. The lowest BCUT2D eigenvalue weighted by molar-refractivity contribution is 0.0667. The minimum Gasteiger partial charge on any atom is -0.381 e. The summed E-state index contributed by atoms with van der Waals surface area (Å²) >= 11 is 0. The van der Waals surface area contributed by atoms with E-state index >= 15 is 0 Å². The van der Waals surface area contributed by atoms with Crippen LogP contribution in [0.2, 0.25) is 0 Å². The molecule has 1 fully saturated rings. The SMILES string of the molecule is CCOCC(C)(C)n1c(C2CCOCC2)nc2ccc(-c3cc(C)c(=O)n(C)c3)cc21. The maximum atomic E-state index is 12.2. The normalized spacial score (nSPS) is 15.6. The third-order valence-electron chi connectivity index (χ3n) is 6.23. The molecule has 4 rings (SSSR count). The van der Waals surface area contributed by atoms with Gasteiger partial charge in [-0.3, -0.25) is 4.79 Å². The molecule has 0 atom stereocenters. The van der Waals surface area contributed by atoms with Gasteiger partial charge in [0.05, 0.1) is 23.2 Å². The Balaban J connectivity index is 1.89. The molecule has 0 unspecified atom stereocenters. The van der Waals surface area contributed by atoms with E-state index in [1.807, 2.05) is 26.1 Å². The average molecular weight is 424 g/mol. The number of benzene rings is 1. The molecule has 2 aromatic heterocycles. The number of rotatable bonds is 6. The number of aromatic nitrogens is 3. The molecule has 1 saturated heterocycles. The number of aryl methyl sites for hydroxylation is 2. The van der Waals surface area contributed by atoms with Crippen LogP contribution in [0.1, 0.15) is 50.9 Å². The van der Waals surface area contributed by atoms with Gasteiger partial charge < -0.3 is 18.6 Å². The predicted molar refractivity (Wildman–Crippen MR) is 124 cm³/mol. The van der Waals surface area contributed by atoms with Gasteiger partial charge in [-0.1, -0.05) is 6.07 Å². The Morgan fingerprint density at radius 1 is 1.19 bits per heavy atom. The van der Waals surface area contributed by atoms with Gasteiger partial charge in [0.15, 0.2) is 0 Å². The fourth-order valence-electron chi connectivity index (χ4n) is 4.59. The van der Waals surface area contributed by atoms with Crippen molar-refractivity contribution in [3.05, 3.63) is 52.2 Å². The molecule has 6 nitrogen and oxygen atoms in total. The molecular formula is C25H33N3O3. The van der Waals surface area contributed by atoms with Crippen LogP contribution in [-0.2, 0) is 22.1 Å². The summed E-state index contributed by atoms with van der Waals surface area (Å²) in [6, 6.07) is 8.37. The monoisotopic (exact) mass is 423 g/mol. The van der Waals surface area contributed by atoms with Crippen LogP contribution in [0.15, 0.2) is 35.3 Å². The summed E-state index contributed by atoms with van der Waals surface area (Å²) in [5.41, 5.74) is 4.76. The minimum absolute atomic E-state index is 0.0366. The van der Waals surface area contributed by atoms with E-state index in [1.54, 1.807) is 11.6 Å². The highest BCUT2D eigenvalue weighted by Crippen LogP contribution is 2.35. The first-order chi connectivity index (χ1) is 14.8. The van der Waals surface area contributed by atoms with Crippen LogP contribution in [0, 0.1) is 6.92 Å². The number of nitrogens with zero attached hydrogens (tertiary/aromatic N) is 3. The molecule has 1 aromatic carbocycles. The Morgan fingerprint density at radius 2 is 1.94 bits per heavy atom. The van der Waals surface area contributed by atoms with Crippen LogP contribution in [0.25, 0.3) is 22.2 Å². The Hall–Kier alpha value is -2.44. The zero-order valence-corrected chi connectivity index (χ0v) is 19.3. The van der Waals surface area contributed by atoms with Gasteiger partial charge in [-0.15, -0.1) is 0 Å². The van der Waals surface area contributed by atoms with Crippen LogP contribution in [0.4, 0.5) is 0 Å². The van der Waals surface area contributed by atoms with E-state index in [2.05, 4.69) is 36.6 Å². The van der Waals surface area contributed by atoms with E-state index < -0.39 is 0 Å². The van der Waals surface area contributed by atoms with Crippen LogP contribution in [0.3, 0.4) is 0 Å². The molecular weight excluding hydrogens is 390 g/mol. The predicted octanol–water partition coefficient (Wildman–Crippen LogP) is 4.38. The third-order valence-corrected chi connectivity index (χ3v) is 6.23. The molecule has 0 radical (unpaired) electrons. The highest BCUT2D eigenvalue weighted by Gasteiger charge is 2.31. The number of pyridine rings is 1. The van der Waals surface area contributed by atoms with Crippen LogP contribution >= 0.6 is 0 Å². The fraction of sp³-hybridized carbons (Fsp3) is 0.520. The second-order valence-corrected chi connectivity index (χ2v) is 9.17. The van der Waals surface area contributed by atoms with Gasteiger partial charge in [-0.05, 0) is 69.9 Å². The van der Waals surface area contributed by atoms with Crippen molar-refractivity contribution in [3.63, 3.8) is 0 Å². The Bertz CT molecular complexity index is 1110. The van der Waals surface area contributed by atoms with Crippen molar-refractivity contribution < 1.29 is 9.47 Å². The van der Waals surface area contributed by atoms with Crippen molar-refractivity contribution in [1.82, 2.24) is 14.1 Å². The highest BCUT2D eigenvalue weighted by atomic mass is 16.5. The van der Waals surface area contributed by atoms with Gasteiger partial charge >= 0.3 is 0 Å². The van der Waals surface area contributed by atoms with Crippen molar-refractivity contribution in [2.75, 3.05) is 26.4 Å². The Kier molecular flexibility index (Phi) is 6.04. The second kappa shape index (κ2) is 8.60. The van der Waals surface area contributed by atoms with Crippen molar-refractivity contribution >= 4 is 11.0 Å². The van der Waals surface area contributed by atoms with Gasteiger partial charge in [0.25, 0.3) is 5.56 Å². The first kappa shape index (κ1) is 21.8. The molecule has 0 amide bonds. The zero-order chi connectivity index (χ0) is 22.2. The molecule has 0 saturated carbocycles. The summed E-state index contributed by atoms with van der Waals surface area (Å²) < 4.78 is 15.5. The van der Waals surface area contributed by atoms with Crippen LogP contribution in [-0.4, -0.2) is 40.5 Å². The van der Waals surface area contributed by atoms with E-state index in [0.717, 1.165) is 59.6 Å². The van der Waals surface area contributed by atoms with Crippen molar-refractivity contribution in [2.45, 2.75) is 52.0 Å². The fourth-order valence-corrected chi connectivity index (χ4v) is 4.59. The van der Waals surface area contributed by atoms with Gasteiger partial charge in [0.2, 0.25) is 0 Å². The van der Waals surface area contributed by atoms with Gasteiger partial charge in [0, 0.05) is 44.5 Å². The lowest BCUT2D eigenvalue weighted by atomic mass is 9.97. The first-order valence-corrected chi connectivity index (χ1v) is 11.2. The molecule has 3 heterocycles. The topological polar surface area (TPSA) is 58.3 Å². The summed E-state index contributed by atoms with van der Waals surface area (Å²) in [6.07, 6.45) is 3.88. The molecule has 0 bridgehead atoms. The van der Waals surface area contributed by atoms with E-state index in [-0.39, 0.29) is 11.1 Å². The molecule has 1 aliphatic heterocycles. The minimum atomic E-state index is -0.240. The van der Waals surface area contributed by atoms with Crippen LogP contribution in [0.5, 0.6) is 0 Å². The molecule has 3 aromatic rings. The molecule has 0 spiro atoms. The van der Waals surface area contributed by atoms with E-state index in [9.17, 15) is 4.79 Å². The molecule has 6 heteroatoms. The summed E-state index contributed by atoms with van der Waals surface area (Å²) in [7, 11) is 1.80. The smallest absolute Gasteiger partial charge is 0.253 e. The Morgan fingerprint density at radius 3 is 2.61 bits per heavy atom. The van der Waals surface area contributed by atoms with Gasteiger partial charge in [-0.25, -0.2) is 4.98 Å². The maximum Gasteiger partial charge on any atom is 0.253 e. The van der Waals surface area contributed by atoms with Gasteiger partial charge in [0.1, 0.15) is 5.82 Å². The maximum absolute atomic E-state index is 12.2. The quantitative estimate of drug-likeness (QED) is 0.591. The lowest BCUT2D eigenvalue weighted by Crippen LogP contribution is -2.34. The number of imidazole rings is 1. The average Bonchev–Trinajstić information content (AvgIpc) is 3.16. The van der Waals surface area contributed by atoms with E-state index in [0.29, 0.717) is 19.1 Å². The summed E-state index contributed by atoms with van der Waals surface area (Å²) in [4.78, 5) is 17.2.